The molecule has 1 aliphatic heterocycles. The van der Waals surface area contributed by atoms with E-state index in [2.05, 4.69) is 11.9 Å². The van der Waals surface area contributed by atoms with E-state index in [4.69, 9.17) is 0 Å². The number of hydrogen-bond acceptors (Lipinski definition) is 2. The van der Waals surface area contributed by atoms with Gasteiger partial charge in [-0.2, -0.15) is 0 Å². The molecule has 0 saturated carbocycles. The fourth-order valence-electron chi connectivity index (χ4n) is 1.69. The van der Waals surface area contributed by atoms with Gasteiger partial charge in [0.1, 0.15) is 0 Å². The van der Waals surface area contributed by atoms with Gasteiger partial charge in [-0.25, -0.2) is 0 Å². The highest BCUT2D eigenvalue weighted by atomic mass is 16.1. The van der Waals surface area contributed by atoms with Crippen molar-refractivity contribution < 1.29 is 4.79 Å². The van der Waals surface area contributed by atoms with Crippen LogP contribution in [0.3, 0.4) is 0 Å². The van der Waals surface area contributed by atoms with Gasteiger partial charge in [-0.15, -0.1) is 0 Å². The normalized spacial score (nSPS) is 18.8. The number of allylic oxidation sites excluding steroid dienone is 2. The van der Waals surface area contributed by atoms with E-state index in [1.165, 1.54) is 0 Å². The van der Waals surface area contributed by atoms with Crippen LogP contribution in [0.5, 0.6) is 0 Å². The van der Waals surface area contributed by atoms with Crippen molar-refractivity contribution in [3.05, 3.63) is 22.3 Å². The molecule has 1 aliphatic rings. The lowest BCUT2D eigenvalue weighted by molar-refractivity contribution is -0.113. The van der Waals surface area contributed by atoms with Crippen molar-refractivity contribution in [1.82, 2.24) is 4.90 Å². The van der Waals surface area contributed by atoms with E-state index >= 15 is 0 Å². The van der Waals surface area contributed by atoms with E-state index in [9.17, 15) is 4.79 Å². The molecule has 2 heteroatoms. The van der Waals surface area contributed by atoms with E-state index in [0.717, 1.165) is 35.4 Å². The van der Waals surface area contributed by atoms with Crippen LogP contribution in [0, 0.1) is 0 Å². The molecule has 0 unspecified atom stereocenters. The summed E-state index contributed by atoms with van der Waals surface area (Å²) in [5, 5.41) is 0. The largest absolute Gasteiger partial charge is 0.298 e. The van der Waals surface area contributed by atoms with Gasteiger partial charge >= 0.3 is 0 Å². The van der Waals surface area contributed by atoms with E-state index in [1.807, 2.05) is 27.7 Å². The number of likely N-dealkylation sites (N-methyl/N-ethyl adjacent to an activating group) is 1. The zero-order chi connectivity index (χ0) is 10.9. The molecule has 1 fully saturated rings. The Hall–Kier alpha value is -0.890. The Balaban J connectivity index is 3.13. The van der Waals surface area contributed by atoms with Gasteiger partial charge in [-0.3, -0.25) is 9.69 Å². The van der Waals surface area contributed by atoms with Crippen LogP contribution in [0.1, 0.15) is 27.7 Å². The molecule has 0 bridgehead atoms. The van der Waals surface area contributed by atoms with Gasteiger partial charge in [-0.1, -0.05) is 11.1 Å². The van der Waals surface area contributed by atoms with E-state index in [1.54, 1.807) is 0 Å². The summed E-state index contributed by atoms with van der Waals surface area (Å²) >= 11 is 0. The number of Topliss-reactive ketones (excluding diaryl/α,β-unsaturated/α-hetero) is 1. The van der Waals surface area contributed by atoms with Gasteiger partial charge in [0.25, 0.3) is 0 Å². The maximum atomic E-state index is 12.0. The summed E-state index contributed by atoms with van der Waals surface area (Å²) in [5.74, 6) is 0.253. The molecule has 0 radical (unpaired) electrons. The summed E-state index contributed by atoms with van der Waals surface area (Å²) in [5.41, 5.74) is 4.21. The number of carbonyl (C=O) groups is 1. The average Bonchev–Trinajstić information content (AvgIpc) is 2.07. The molecule has 0 aliphatic carbocycles. The first kappa shape index (κ1) is 11.2. The highest BCUT2D eigenvalue weighted by Crippen LogP contribution is 2.21. The summed E-state index contributed by atoms with van der Waals surface area (Å²) in [6.07, 6.45) is 0. The van der Waals surface area contributed by atoms with Gasteiger partial charge in [-0.05, 0) is 34.7 Å². The predicted molar refractivity (Wildman–Crippen MR) is 59.3 cm³/mol. The Labute approximate surface area is 86.3 Å². The van der Waals surface area contributed by atoms with Crippen molar-refractivity contribution in [2.45, 2.75) is 27.7 Å². The second kappa shape index (κ2) is 4.09. The van der Waals surface area contributed by atoms with Crippen LogP contribution in [-0.4, -0.2) is 30.8 Å². The third kappa shape index (κ3) is 2.13. The quantitative estimate of drug-likeness (QED) is 0.549. The van der Waals surface area contributed by atoms with Crippen LogP contribution in [0.15, 0.2) is 22.3 Å². The molecule has 78 valence electrons. The minimum atomic E-state index is 0.253. The molecule has 0 aromatic rings. The Kier molecular flexibility index (Phi) is 3.27. The fourth-order valence-corrected chi connectivity index (χ4v) is 1.69. The number of likely N-dealkylation sites (tertiary alicyclic amines) is 1. The molecule has 14 heavy (non-hydrogen) atoms. The zero-order valence-corrected chi connectivity index (χ0v) is 9.77. The summed E-state index contributed by atoms with van der Waals surface area (Å²) in [4.78, 5) is 14.2. The lowest BCUT2D eigenvalue weighted by Crippen LogP contribution is -2.35. The Bertz CT molecular complexity index is 285. The summed E-state index contributed by atoms with van der Waals surface area (Å²) in [7, 11) is 2.05. The number of rotatable bonds is 0. The molecule has 0 N–H and O–H groups in total. The van der Waals surface area contributed by atoms with Gasteiger partial charge < -0.3 is 0 Å². The molecule has 0 spiro atoms. The molecule has 0 aromatic heterocycles. The van der Waals surface area contributed by atoms with Gasteiger partial charge in [0.15, 0.2) is 5.78 Å². The van der Waals surface area contributed by atoms with Crippen molar-refractivity contribution in [2.75, 3.05) is 20.1 Å². The minimum Gasteiger partial charge on any atom is -0.298 e. The third-order valence-electron chi connectivity index (χ3n) is 2.61. The number of piperidine rings is 1. The third-order valence-corrected chi connectivity index (χ3v) is 2.61. The van der Waals surface area contributed by atoms with Crippen molar-refractivity contribution in [3.63, 3.8) is 0 Å². The van der Waals surface area contributed by atoms with E-state index < -0.39 is 0 Å². The Morgan fingerprint density at radius 2 is 1.36 bits per heavy atom. The zero-order valence-electron chi connectivity index (χ0n) is 9.77. The maximum Gasteiger partial charge on any atom is 0.187 e. The van der Waals surface area contributed by atoms with Gasteiger partial charge in [0.2, 0.25) is 0 Å². The molecule has 1 rings (SSSR count). The summed E-state index contributed by atoms with van der Waals surface area (Å²) in [6, 6.07) is 0. The van der Waals surface area contributed by atoms with Crippen LogP contribution in [0.4, 0.5) is 0 Å². The molecular formula is C12H19NO. The van der Waals surface area contributed by atoms with Gasteiger partial charge in [0.05, 0.1) is 0 Å². The number of ketones is 1. The fraction of sp³-hybridized carbons (Fsp3) is 0.583. The average molecular weight is 193 g/mol. The molecule has 0 aromatic carbocycles. The standard InChI is InChI=1S/C12H19NO/c1-8(2)10-6-13(5)7-11(9(3)4)12(10)14/h6-7H2,1-5H3. The van der Waals surface area contributed by atoms with Crippen LogP contribution < -0.4 is 0 Å². The molecular weight excluding hydrogens is 174 g/mol. The highest BCUT2D eigenvalue weighted by Gasteiger charge is 2.25. The van der Waals surface area contributed by atoms with Crippen LogP contribution >= 0.6 is 0 Å². The first-order valence-electron chi connectivity index (χ1n) is 4.99. The molecule has 0 atom stereocenters. The lowest BCUT2D eigenvalue weighted by Gasteiger charge is -2.27. The van der Waals surface area contributed by atoms with Gasteiger partial charge in [0, 0.05) is 24.2 Å². The van der Waals surface area contributed by atoms with Crippen molar-refractivity contribution >= 4 is 5.78 Å². The van der Waals surface area contributed by atoms with E-state index in [0.29, 0.717) is 0 Å². The monoisotopic (exact) mass is 193 g/mol. The molecule has 0 amide bonds. The molecule has 1 heterocycles. The van der Waals surface area contributed by atoms with Crippen LogP contribution in [0.2, 0.25) is 0 Å². The SMILES string of the molecule is CC(C)=C1CN(C)CC(=C(C)C)C1=O. The minimum absolute atomic E-state index is 0.253. The topological polar surface area (TPSA) is 20.3 Å². The predicted octanol–water partition coefficient (Wildman–Crippen LogP) is 2.17. The molecule has 1 saturated heterocycles. The summed E-state index contributed by atoms with van der Waals surface area (Å²) < 4.78 is 0. The first-order valence-corrected chi connectivity index (χ1v) is 4.99. The Morgan fingerprint density at radius 3 is 1.64 bits per heavy atom. The van der Waals surface area contributed by atoms with Crippen LogP contribution in [0.25, 0.3) is 0 Å². The number of hydrogen-bond donors (Lipinski definition) is 0. The smallest absolute Gasteiger partial charge is 0.187 e. The van der Waals surface area contributed by atoms with Crippen molar-refractivity contribution in [3.8, 4) is 0 Å². The second-order valence-electron chi connectivity index (χ2n) is 4.46. The van der Waals surface area contributed by atoms with Crippen LogP contribution in [-0.2, 0) is 4.79 Å². The molecule has 2 nitrogen and oxygen atoms in total. The number of carbonyl (C=O) groups excluding carboxylic acids is 1. The number of nitrogens with zero attached hydrogens (tertiary/aromatic N) is 1. The summed E-state index contributed by atoms with van der Waals surface area (Å²) in [6.45, 7) is 9.62. The van der Waals surface area contributed by atoms with Crippen molar-refractivity contribution in [1.29, 1.82) is 0 Å². The van der Waals surface area contributed by atoms with E-state index in [-0.39, 0.29) is 5.78 Å². The first-order chi connectivity index (χ1) is 6.43. The van der Waals surface area contributed by atoms with Crippen molar-refractivity contribution in [2.24, 2.45) is 0 Å². The Morgan fingerprint density at radius 1 is 1.00 bits per heavy atom. The lowest BCUT2D eigenvalue weighted by atomic mass is 9.92. The second-order valence-corrected chi connectivity index (χ2v) is 4.46. The maximum absolute atomic E-state index is 12.0. The highest BCUT2D eigenvalue weighted by molar-refractivity contribution is 6.10.